The molecule has 19 heavy (non-hydrogen) atoms. The molecule has 0 spiro atoms. The van der Waals surface area contributed by atoms with E-state index in [4.69, 9.17) is 11.1 Å². The molecular weight excluding hydrogens is 240 g/mol. The summed E-state index contributed by atoms with van der Waals surface area (Å²) in [5.74, 6) is 0.326. The minimum Gasteiger partial charge on any atom is -0.370 e. The number of hydrogen-bond donors (Lipinski definition) is 4. The molecule has 0 rings (SSSR count). The first kappa shape index (κ1) is 17.9. The smallest absolute Gasteiger partial charge is 0.185 e. The standard InChI is InChI=1S/C14H30N4O/c1-10(2)12(19)11(18-14(3,4)5)8-6-7-9-17-13(15)16/h10-11,18H,6-9H2,1-5H3,(H4,15,16,17). The van der Waals surface area contributed by atoms with E-state index in [2.05, 4.69) is 31.4 Å². The predicted octanol–water partition coefficient (Wildman–Crippen LogP) is 1.62. The molecule has 5 N–H and O–H groups in total. The minimum absolute atomic E-state index is 0.00243. The number of Topliss-reactive ketones (excluding diaryl/α,β-unsaturated/α-hetero) is 1. The van der Waals surface area contributed by atoms with Gasteiger partial charge in [-0.1, -0.05) is 13.8 Å². The molecule has 0 aromatic heterocycles. The zero-order chi connectivity index (χ0) is 15.1. The number of hydrogen-bond acceptors (Lipinski definition) is 3. The Balaban J connectivity index is 4.20. The van der Waals surface area contributed by atoms with Crippen LogP contribution in [0.25, 0.3) is 0 Å². The third-order valence-electron chi connectivity index (χ3n) is 2.75. The second-order valence-corrected chi connectivity index (χ2v) is 6.34. The van der Waals surface area contributed by atoms with Crippen molar-refractivity contribution in [2.75, 3.05) is 6.54 Å². The van der Waals surface area contributed by atoms with Gasteiger partial charge < -0.3 is 16.4 Å². The number of carbonyl (C=O) groups excluding carboxylic acids is 1. The highest BCUT2D eigenvalue weighted by molar-refractivity contribution is 5.85. The third kappa shape index (κ3) is 9.47. The van der Waals surface area contributed by atoms with E-state index in [9.17, 15) is 4.79 Å². The molecule has 0 aliphatic heterocycles. The van der Waals surface area contributed by atoms with E-state index in [-0.39, 0.29) is 29.2 Å². The summed E-state index contributed by atoms with van der Waals surface area (Å²) in [5.41, 5.74) is 5.15. The summed E-state index contributed by atoms with van der Waals surface area (Å²) in [6.45, 7) is 10.8. The van der Waals surface area contributed by atoms with Crippen LogP contribution >= 0.6 is 0 Å². The summed E-state index contributed by atoms with van der Waals surface area (Å²) in [6.07, 6.45) is 2.67. The normalized spacial score (nSPS) is 13.4. The molecule has 0 bridgehead atoms. The number of nitrogens with two attached hydrogens (primary N) is 1. The van der Waals surface area contributed by atoms with Crippen molar-refractivity contribution in [1.29, 1.82) is 5.41 Å². The fraction of sp³-hybridized carbons (Fsp3) is 0.857. The lowest BCUT2D eigenvalue weighted by Crippen LogP contribution is -2.49. The van der Waals surface area contributed by atoms with Crippen LogP contribution in [0.1, 0.15) is 53.9 Å². The van der Waals surface area contributed by atoms with Crippen LogP contribution in [0.4, 0.5) is 0 Å². The lowest BCUT2D eigenvalue weighted by atomic mass is 9.94. The molecule has 0 heterocycles. The second-order valence-electron chi connectivity index (χ2n) is 6.34. The molecule has 0 aliphatic rings. The van der Waals surface area contributed by atoms with Gasteiger partial charge in [0.15, 0.2) is 11.7 Å². The first-order chi connectivity index (χ1) is 8.63. The molecule has 1 unspecified atom stereocenters. The Kier molecular flexibility index (Phi) is 7.68. The predicted molar refractivity (Wildman–Crippen MR) is 80.3 cm³/mol. The molecule has 0 fully saturated rings. The van der Waals surface area contributed by atoms with Crippen molar-refractivity contribution in [1.82, 2.24) is 10.6 Å². The minimum atomic E-state index is -0.0858. The van der Waals surface area contributed by atoms with Crippen LogP contribution in [0, 0.1) is 11.3 Å². The number of carbonyl (C=O) groups is 1. The molecular formula is C14H30N4O. The summed E-state index contributed by atoms with van der Waals surface area (Å²) >= 11 is 0. The van der Waals surface area contributed by atoms with Gasteiger partial charge >= 0.3 is 0 Å². The van der Waals surface area contributed by atoms with Gasteiger partial charge in [0.1, 0.15) is 0 Å². The number of nitrogens with one attached hydrogen (secondary N) is 3. The third-order valence-corrected chi connectivity index (χ3v) is 2.75. The van der Waals surface area contributed by atoms with E-state index in [1.165, 1.54) is 0 Å². The Morgan fingerprint density at radius 3 is 2.26 bits per heavy atom. The van der Waals surface area contributed by atoms with Crippen LogP contribution in [-0.4, -0.2) is 29.9 Å². The van der Waals surface area contributed by atoms with E-state index in [1.54, 1.807) is 0 Å². The van der Waals surface area contributed by atoms with Crippen molar-refractivity contribution in [2.24, 2.45) is 11.7 Å². The summed E-state index contributed by atoms with van der Waals surface area (Å²) in [6, 6.07) is -0.0858. The second kappa shape index (κ2) is 8.15. The Hall–Kier alpha value is -1.10. The van der Waals surface area contributed by atoms with Gasteiger partial charge in [-0.15, -0.1) is 0 Å². The molecule has 0 aromatic rings. The number of ketones is 1. The van der Waals surface area contributed by atoms with Crippen LogP contribution in [0.2, 0.25) is 0 Å². The lowest BCUT2D eigenvalue weighted by Gasteiger charge is -2.29. The molecule has 5 nitrogen and oxygen atoms in total. The maximum Gasteiger partial charge on any atom is 0.185 e. The summed E-state index contributed by atoms with van der Waals surface area (Å²) in [7, 11) is 0. The van der Waals surface area contributed by atoms with E-state index in [0.717, 1.165) is 19.3 Å². The molecule has 1 atom stereocenters. The quantitative estimate of drug-likeness (QED) is 0.306. The Labute approximate surface area is 117 Å². The molecule has 0 amide bonds. The van der Waals surface area contributed by atoms with Gasteiger partial charge in [-0.25, -0.2) is 0 Å². The van der Waals surface area contributed by atoms with Crippen LogP contribution in [0.5, 0.6) is 0 Å². The average Bonchev–Trinajstić information content (AvgIpc) is 2.23. The fourth-order valence-electron chi connectivity index (χ4n) is 1.91. The van der Waals surface area contributed by atoms with Gasteiger partial charge in [0.05, 0.1) is 6.04 Å². The number of guanidine groups is 1. The van der Waals surface area contributed by atoms with Crippen molar-refractivity contribution >= 4 is 11.7 Å². The van der Waals surface area contributed by atoms with E-state index >= 15 is 0 Å². The fourth-order valence-corrected chi connectivity index (χ4v) is 1.91. The zero-order valence-corrected chi connectivity index (χ0v) is 13.0. The molecule has 112 valence electrons. The van der Waals surface area contributed by atoms with Gasteiger partial charge in [0.2, 0.25) is 0 Å². The van der Waals surface area contributed by atoms with Crippen LogP contribution in [0.3, 0.4) is 0 Å². The molecule has 5 heteroatoms. The van der Waals surface area contributed by atoms with Crippen LogP contribution in [-0.2, 0) is 4.79 Å². The molecule has 0 aromatic carbocycles. The lowest BCUT2D eigenvalue weighted by molar-refractivity contribution is -0.124. The van der Waals surface area contributed by atoms with Crippen molar-refractivity contribution in [2.45, 2.75) is 65.5 Å². The molecule has 0 aliphatic carbocycles. The maximum absolute atomic E-state index is 12.2. The van der Waals surface area contributed by atoms with E-state index in [1.807, 2.05) is 13.8 Å². The Bertz CT molecular complexity index is 294. The van der Waals surface area contributed by atoms with Crippen LogP contribution in [0.15, 0.2) is 0 Å². The summed E-state index contributed by atoms with van der Waals surface area (Å²) in [5, 5.41) is 13.2. The molecule has 0 saturated carbocycles. The monoisotopic (exact) mass is 270 g/mol. The maximum atomic E-state index is 12.2. The highest BCUT2D eigenvalue weighted by Crippen LogP contribution is 2.12. The number of rotatable bonds is 8. The molecule has 0 saturated heterocycles. The van der Waals surface area contributed by atoms with Crippen molar-refractivity contribution in [3.05, 3.63) is 0 Å². The Morgan fingerprint density at radius 2 is 1.84 bits per heavy atom. The van der Waals surface area contributed by atoms with Crippen molar-refractivity contribution in [3.63, 3.8) is 0 Å². The van der Waals surface area contributed by atoms with E-state index in [0.29, 0.717) is 6.54 Å². The van der Waals surface area contributed by atoms with Gasteiger partial charge in [-0.05, 0) is 40.0 Å². The zero-order valence-electron chi connectivity index (χ0n) is 13.0. The van der Waals surface area contributed by atoms with Gasteiger partial charge in [0, 0.05) is 18.0 Å². The van der Waals surface area contributed by atoms with Crippen molar-refractivity contribution < 1.29 is 4.79 Å². The summed E-state index contributed by atoms with van der Waals surface area (Å²) in [4.78, 5) is 12.2. The topological polar surface area (TPSA) is 91.0 Å². The summed E-state index contributed by atoms with van der Waals surface area (Å²) < 4.78 is 0. The Morgan fingerprint density at radius 1 is 1.26 bits per heavy atom. The number of unbranched alkanes of at least 4 members (excludes halogenated alkanes) is 1. The first-order valence-corrected chi connectivity index (χ1v) is 7.03. The largest absolute Gasteiger partial charge is 0.370 e. The van der Waals surface area contributed by atoms with Crippen LogP contribution < -0.4 is 16.4 Å². The van der Waals surface area contributed by atoms with Gasteiger partial charge in [0.25, 0.3) is 0 Å². The average molecular weight is 270 g/mol. The van der Waals surface area contributed by atoms with Gasteiger partial charge in [-0.3, -0.25) is 10.2 Å². The highest BCUT2D eigenvalue weighted by Gasteiger charge is 2.24. The highest BCUT2D eigenvalue weighted by atomic mass is 16.1. The van der Waals surface area contributed by atoms with Gasteiger partial charge in [-0.2, -0.15) is 0 Å². The first-order valence-electron chi connectivity index (χ1n) is 7.03. The SMILES string of the molecule is CC(C)C(=O)C(CCCCNC(=N)N)NC(C)(C)C. The molecule has 0 radical (unpaired) electrons. The van der Waals surface area contributed by atoms with E-state index < -0.39 is 0 Å². The van der Waals surface area contributed by atoms with Crippen molar-refractivity contribution in [3.8, 4) is 0 Å².